The highest BCUT2D eigenvalue weighted by Gasteiger charge is 2.23. The molecule has 2 heterocycles. The fourth-order valence-electron chi connectivity index (χ4n) is 2.98. The Labute approximate surface area is 146 Å². The van der Waals surface area contributed by atoms with Gasteiger partial charge in [-0.2, -0.15) is 10.4 Å². The number of aromatic nitrogens is 2. The molecule has 4 rings (SSSR count). The lowest BCUT2D eigenvalue weighted by Crippen LogP contribution is -2.16. The molecule has 2 aromatic carbocycles. The molecule has 0 saturated heterocycles. The summed E-state index contributed by atoms with van der Waals surface area (Å²) in [6.07, 6.45) is 1.24. The Morgan fingerprint density at radius 1 is 1.35 bits per heavy atom. The fraction of sp³-hybridized carbons (Fsp3) is 0.111. The minimum Gasteiger partial charge on any atom is -0.322 e. The summed E-state index contributed by atoms with van der Waals surface area (Å²) in [7, 11) is 1.56. The van der Waals surface area contributed by atoms with E-state index < -0.39 is 23.1 Å². The van der Waals surface area contributed by atoms with Crippen LogP contribution >= 0.6 is 0 Å². The Kier molecular flexibility index (Phi) is 3.51. The Bertz CT molecular complexity index is 1160. The number of anilines is 1. The summed E-state index contributed by atoms with van der Waals surface area (Å²) in [5, 5.41) is 15.5. The molecule has 128 valence electrons. The van der Waals surface area contributed by atoms with Crippen LogP contribution in [0.1, 0.15) is 21.5 Å². The number of aliphatic imine (C=N–C) groups is 1. The van der Waals surface area contributed by atoms with Crippen molar-refractivity contribution >= 4 is 28.2 Å². The molecular formula is C18H11F2N5O. The Morgan fingerprint density at radius 3 is 2.92 bits per heavy atom. The second kappa shape index (κ2) is 5.74. The van der Waals surface area contributed by atoms with Crippen LogP contribution in [0.5, 0.6) is 0 Å². The fourth-order valence-corrected chi connectivity index (χ4v) is 2.98. The van der Waals surface area contributed by atoms with Gasteiger partial charge in [0.05, 0.1) is 23.6 Å². The number of fused-ring (bicyclic) bond motifs is 2. The van der Waals surface area contributed by atoms with Crippen LogP contribution in [0, 0.1) is 23.0 Å². The third-order valence-corrected chi connectivity index (χ3v) is 4.31. The van der Waals surface area contributed by atoms with Crippen LogP contribution in [0.25, 0.3) is 10.9 Å². The van der Waals surface area contributed by atoms with Crippen LogP contribution in [0.4, 0.5) is 14.5 Å². The van der Waals surface area contributed by atoms with Crippen LogP contribution in [-0.4, -0.2) is 21.4 Å². The van der Waals surface area contributed by atoms with Gasteiger partial charge in [-0.1, -0.05) is 6.07 Å². The quantitative estimate of drug-likeness (QED) is 0.770. The Morgan fingerprint density at radius 2 is 2.15 bits per heavy atom. The van der Waals surface area contributed by atoms with E-state index in [2.05, 4.69) is 15.4 Å². The molecule has 1 amide bonds. The topological polar surface area (TPSA) is 83.1 Å². The average Bonchev–Trinajstić information content (AvgIpc) is 3.18. The number of carbonyl (C=O) groups is 1. The van der Waals surface area contributed by atoms with E-state index in [0.717, 1.165) is 11.6 Å². The van der Waals surface area contributed by atoms with Crippen molar-refractivity contribution in [3.05, 3.63) is 58.8 Å². The maximum Gasteiger partial charge on any atom is 0.261 e. The zero-order valence-electron chi connectivity index (χ0n) is 13.5. The van der Waals surface area contributed by atoms with E-state index in [1.54, 1.807) is 25.2 Å². The van der Waals surface area contributed by atoms with Gasteiger partial charge in [-0.05, 0) is 17.7 Å². The van der Waals surface area contributed by atoms with E-state index in [1.165, 1.54) is 10.9 Å². The van der Waals surface area contributed by atoms with Gasteiger partial charge in [0.15, 0.2) is 0 Å². The first-order chi connectivity index (χ1) is 12.5. The average molecular weight is 351 g/mol. The predicted octanol–water partition coefficient (Wildman–Crippen LogP) is 2.93. The Hall–Kier alpha value is -3.60. The number of aryl methyl sites for hydroxylation is 1. The van der Waals surface area contributed by atoms with E-state index in [-0.39, 0.29) is 16.6 Å². The molecule has 0 spiro atoms. The number of carbonyl (C=O) groups excluding carboxylic acids is 1. The molecule has 0 aliphatic carbocycles. The van der Waals surface area contributed by atoms with Crippen LogP contribution < -0.4 is 5.32 Å². The minimum absolute atomic E-state index is 0.0619. The number of amides is 1. The molecule has 3 aromatic rings. The number of nitriles is 1. The highest BCUT2D eigenvalue weighted by Crippen LogP contribution is 2.26. The first kappa shape index (κ1) is 15.9. The van der Waals surface area contributed by atoms with Gasteiger partial charge in [-0.25, -0.2) is 8.78 Å². The summed E-state index contributed by atoms with van der Waals surface area (Å²) in [5.74, 6) is -2.86. The highest BCUT2D eigenvalue weighted by atomic mass is 19.1. The summed E-state index contributed by atoms with van der Waals surface area (Å²) < 4.78 is 30.3. The molecule has 1 N–H and O–H groups in total. The van der Waals surface area contributed by atoms with Crippen molar-refractivity contribution in [2.45, 2.75) is 6.54 Å². The molecule has 8 heteroatoms. The highest BCUT2D eigenvalue weighted by molar-refractivity contribution is 6.15. The molecule has 1 aliphatic heterocycles. The summed E-state index contributed by atoms with van der Waals surface area (Å²) in [6, 6.07) is 7.94. The largest absolute Gasteiger partial charge is 0.322 e. The van der Waals surface area contributed by atoms with Gasteiger partial charge in [-0.3, -0.25) is 14.5 Å². The van der Waals surface area contributed by atoms with Crippen molar-refractivity contribution in [3.8, 4) is 6.07 Å². The third-order valence-electron chi connectivity index (χ3n) is 4.31. The van der Waals surface area contributed by atoms with E-state index >= 15 is 0 Å². The molecule has 26 heavy (non-hydrogen) atoms. The van der Waals surface area contributed by atoms with Crippen molar-refractivity contribution in [2.75, 3.05) is 5.32 Å². The molecule has 6 nitrogen and oxygen atoms in total. The number of hydrogen-bond donors (Lipinski definition) is 1. The van der Waals surface area contributed by atoms with Crippen molar-refractivity contribution in [1.82, 2.24) is 9.78 Å². The van der Waals surface area contributed by atoms with Crippen LogP contribution in [0.2, 0.25) is 0 Å². The monoisotopic (exact) mass is 351 g/mol. The molecule has 1 aliphatic rings. The van der Waals surface area contributed by atoms with Crippen LogP contribution in [0.15, 0.2) is 35.5 Å². The van der Waals surface area contributed by atoms with E-state index in [1.807, 2.05) is 6.07 Å². The van der Waals surface area contributed by atoms with Gasteiger partial charge in [0.25, 0.3) is 5.91 Å². The second-order valence-corrected chi connectivity index (χ2v) is 5.85. The van der Waals surface area contributed by atoms with Crippen molar-refractivity contribution < 1.29 is 13.6 Å². The third kappa shape index (κ3) is 2.33. The van der Waals surface area contributed by atoms with Crippen molar-refractivity contribution in [1.29, 1.82) is 5.26 Å². The van der Waals surface area contributed by atoms with Crippen molar-refractivity contribution in [3.63, 3.8) is 0 Å². The SMILES string of the molecule is Cn1ncc2c(F)c(C(=O)Nc3ccc4c(c3)C(C#N)=NC4)c(F)cc21. The first-order valence-electron chi connectivity index (χ1n) is 7.68. The van der Waals surface area contributed by atoms with Crippen LogP contribution in [-0.2, 0) is 13.6 Å². The van der Waals surface area contributed by atoms with E-state index in [4.69, 9.17) is 5.26 Å². The molecule has 0 bridgehead atoms. The van der Waals surface area contributed by atoms with Gasteiger partial charge in [0.1, 0.15) is 29.0 Å². The summed E-state index contributed by atoms with van der Waals surface area (Å²) in [5.41, 5.74) is 1.63. The van der Waals surface area contributed by atoms with Gasteiger partial charge in [0.2, 0.25) is 0 Å². The summed E-state index contributed by atoms with van der Waals surface area (Å²) in [6.45, 7) is 0.396. The summed E-state index contributed by atoms with van der Waals surface area (Å²) >= 11 is 0. The first-order valence-corrected chi connectivity index (χ1v) is 7.68. The summed E-state index contributed by atoms with van der Waals surface area (Å²) in [4.78, 5) is 16.5. The zero-order chi connectivity index (χ0) is 18.4. The van der Waals surface area contributed by atoms with Gasteiger partial charge in [-0.15, -0.1) is 0 Å². The van der Waals surface area contributed by atoms with Gasteiger partial charge in [0, 0.05) is 24.4 Å². The molecular weight excluding hydrogens is 340 g/mol. The normalized spacial score (nSPS) is 12.6. The molecule has 0 unspecified atom stereocenters. The van der Waals surface area contributed by atoms with Crippen LogP contribution in [0.3, 0.4) is 0 Å². The lowest BCUT2D eigenvalue weighted by molar-refractivity contribution is 0.101. The number of rotatable bonds is 2. The van der Waals surface area contributed by atoms with Gasteiger partial charge < -0.3 is 5.32 Å². The van der Waals surface area contributed by atoms with E-state index in [0.29, 0.717) is 17.8 Å². The number of benzene rings is 2. The number of hydrogen-bond acceptors (Lipinski definition) is 4. The lowest BCUT2D eigenvalue weighted by atomic mass is 10.0. The zero-order valence-corrected chi connectivity index (χ0v) is 13.5. The smallest absolute Gasteiger partial charge is 0.261 e. The second-order valence-electron chi connectivity index (χ2n) is 5.85. The number of halogens is 2. The van der Waals surface area contributed by atoms with E-state index in [9.17, 15) is 13.6 Å². The maximum absolute atomic E-state index is 14.6. The minimum atomic E-state index is -0.975. The molecule has 0 radical (unpaired) electrons. The number of nitrogens with one attached hydrogen (secondary N) is 1. The molecule has 0 atom stereocenters. The van der Waals surface area contributed by atoms with Crippen molar-refractivity contribution in [2.24, 2.45) is 12.0 Å². The maximum atomic E-state index is 14.6. The standard InChI is InChI=1S/C18H11F2N5O/c1-25-15-5-13(19)16(17(20)12(15)8-23-25)18(26)24-10-3-2-9-7-22-14(6-21)11(9)4-10/h2-5,8H,7H2,1H3,(H,24,26). The molecule has 0 saturated carbocycles. The number of nitrogens with zero attached hydrogens (tertiary/aromatic N) is 4. The molecule has 0 fully saturated rings. The Balaban J connectivity index is 1.71. The lowest BCUT2D eigenvalue weighted by Gasteiger charge is -2.09. The molecule has 1 aromatic heterocycles. The predicted molar refractivity (Wildman–Crippen MR) is 90.9 cm³/mol. The van der Waals surface area contributed by atoms with Gasteiger partial charge >= 0.3 is 0 Å².